The molecule has 1 aromatic carbocycles. The number of para-hydroxylation sites is 1. The van der Waals surface area contributed by atoms with Crippen LogP contribution in [0.4, 0.5) is 10.5 Å². The molecule has 2 heterocycles. The average Bonchev–Trinajstić information content (AvgIpc) is 3.03. The van der Waals surface area contributed by atoms with Crippen LogP contribution in [0.1, 0.15) is 24.9 Å². The van der Waals surface area contributed by atoms with E-state index in [1.165, 1.54) is 11.8 Å². The van der Waals surface area contributed by atoms with Crippen molar-refractivity contribution in [3.05, 3.63) is 29.8 Å². The van der Waals surface area contributed by atoms with E-state index in [9.17, 15) is 9.59 Å². The Morgan fingerprint density at radius 1 is 1.43 bits per heavy atom. The summed E-state index contributed by atoms with van der Waals surface area (Å²) in [5.41, 5.74) is 2.03. The Morgan fingerprint density at radius 2 is 2.26 bits per heavy atom. The molecule has 3 rings (SSSR count). The second kappa shape index (κ2) is 6.82. The average molecular weight is 332 g/mol. The van der Waals surface area contributed by atoms with E-state index < -0.39 is 12.0 Å². The van der Waals surface area contributed by atoms with Gasteiger partial charge in [-0.1, -0.05) is 30.0 Å². The fourth-order valence-electron chi connectivity index (χ4n) is 2.43. The molecule has 0 bridgehead atoms. The molecule has 120 valence electrons. The van der Waals surface area contributed by atoms with Gasteiger partial charge in [-0.3, -0.25) is 10.1 Å². The van der Waals surface area contributed by atoms with Crippen LogP contribution in [-0.2, 0) is 9.53 Å². The van der Waals surface area contributed by atoms with Crippen molar-refractivity contribution in [2.24, 2.45) is 10.1 Å². The van der Waals surface area contributed by atoms with Crippen molar-refractivity contribution in [2.75, 3.05) is 12.4 Å². The molecule has 0 fully saturated rings. The van der Waals surface area contributed by atoms with Gasteiger partial charge < -0.3 is 4.74 Å². The Hall–Kier alpha value is -2.35. The van der Waals surface area contributed by atoms with Gasteiger partial charge in [0.15, 0.2) is 5.17 Å². The first kappa shape index (κ1) is 15.5. The number of benzene rings is 1. The molecule has 1 N–H and O–H groups in total. The van der Waals surface area contributed by atoms with Crippen molar-refractivity contribution in [1.29, 1.82) is 0 Å². The first-order chi connectivity index (χ1) is 11.2. The SMILES string of the molecule is CCOC(=O)NC(=O)CSC1=Nc2ccccc2C2CC=NN12. The van der Waals surface area contributed by atoms with E-state index in [1.807, 2.05) is 35.5 Å². The Kier molecular flexibility index (Phi) is 4.61. The highest BCUT2D eigenvalue weighted by Crippen LogP contribution is 2.40. The zero-order valence-electron chi connectivity index (χ0n) is 12.6. The van der Waals surface area contributed by atoms with Gasteiger partial charge in [0.25, 0.3) is 0 Å². The largest absolute Gasteiger partial charge is 0.450 e. The monoisotopic (exact) mass is 332 g/mol. The molecule has 1 unspecified atom stereocenters. The van der Waals surface area contributed by atoms with Crippen molar-refractivity contribution < 1.29 is 14.3 Å². The zero-order chi connectivity index (χ0) is 16.2. The zero-order valence-corrected chi connectivity index (χ0v) is 13.4. The van der Waals surface area contributed by atoms with Gasteiger partial charge >= 0.3 is 6.09 Å². The first-order valence-electron chi connectivity index (χ1n) is 7.27. The van der Waals surface area contributed by atoms with Crippen LogP contribution in [0.2, 0.25) is 0 Å². The molecule has 0 radical (unpaired) electrons. The number of nitrogens with zero attached hydrogens (tertiary/aromatic N) is 3. The summed E-state index contributed by atoms with van der Waals surface area (Å²) in [4.78, 5) is 27.6. The van der Waals surface area contributed by atoms with E-state index >= 15 is 0 Å². The highest BCUT2D eigenvalue weighted by atomic mass is 32.2. The predicted octanol–water partition coefficient (Wildman–Crippen LogP) is 2.43. The molecule has 7 nitrogen and oxygen atoms in total. The number of hydrogen-bond acceptors (Lipinski definition) is 7. The fourth-order valence-corrected chi connectivity index (χ4v) is 3.23. The van der Waals surface area contributed by atoms with Gasteiger partial charge in [0.05, 0.1) is 24.1 Å². The second-order valence-corrected chi connectivity index (χ2v) is 5.85. The molecule has 1 atom stereocenters. The number of hydrazone groups is 1. The standard InChI is InChI=1S/C15H16N4O3S/c1-2-22-15(21)18-13(20)9-23-14-17-11-6-4-3-5-10(11)12-7-8-16-19(12)14/h3-6,8,12H,2,7,9H2,1H3,(H,18,20,21). The molecule has 23 heavy (non-hydrogen) atoms. The molecule has 0 saturated heterocycles. The van der Waals surface area contributed by atoms with E-state index in [2.05, 4.69) is 20.1 Å². The minimum absolute atomic E-state index is 0.0680. The van der Waals surface area contributed by atoms with Gasteiger partial charge in [-0.15, -0.1) is 0 Å². The van der Waals surface area contributed by atoms with E-state index in [0.717, 1.165) is 17.7 Å². The lowest BCUT2D eigenvalue weighted by Gasteiger charge is -2.29. The topological polar surface area (TPSA) is 83.4 Å². The lowest BCUT2D eigenvalue weighted by molar-refractivity contribution is -0.117. The fraction of sp³-hybridized carbons (Fsp3) is 0.333. The van der Waals surface area contributed by atoms with Crippen LogP contribution in [-0.4, -0.2) is 40.8 Å². The second-order valence-electron chi connectivity index (χ2n) is 4.90. The molecule has 1 aromatic rings. The van der Waals surface area contributed by atoms with Crippen LogP contribution in [0.15, 0.2) is 34.4 Å². The minimum Gasteiger partial charge on any atom is -0.450 e. The number of amides is 2. The van der Waals surface area contributed by atoms with Crippen LogP contribution < -0.4 is 5.32 Å². The third kappa shape index (κ3) is 3.37. The number of amidine groups is 1. The quantitative estimate of drug-likeness (QED) is 0.919. The summed E-state index contributed by atoms with van der Waals surface area (Å²) in [5, 5.41) is 8.98. The number of rotatable bonds is 3. The van der Waals surface area contributed by atoms with Gasteiger partial charge in [-0.25, -0.2) is 14.8 Å². The third-order valence-corrected chi connectivity index (χ3v) is 4.33. The molecule has 2 amide bonds. The lowest BCUT2D eigenvalue weighted by atomic mass is 10.0. The number of alkyl carbamates (subject to hydrolysis) is 1. The van der Waals surface area contributed by atoms with E-state index in [1.54, 1.807) is 6.92 Å². The lowest BCUT2D eigenvalue weighted by Crippen LogP contribution is -2.34. The number of carbonyl (C=O) groups is 2. The van der Waals surface area contributed by atoms with Crippen molar-refractivity contribution >= 4 is 40.8 Å². The first-order valence-corrected chi connectivity index (χ1v) is 8.26. The summed E-state index contributed by atoms with van der Waals surface area (Å²) in [7, 11) is 0. The molecular weight excluding hydrogens is 316 g/mol. The van der Waals surface area contributed by atoms with Crippen LogP contribution in [0.3, 0.4) is 0 Å². The number of hydrogen-bond donors (Lipinski definition) is 1. The summed E-state index contributed by atoms with van der Waals surface area (Å²) in [6.07, 6.45) is 1.93. The van der Waals surface area contributed by atoms with E-state index in [0.29, 0.717) is 5.17 Å². The summed E-state index contributed by atoms with van der Waals surface area (Å²) in [6, 6.07) is 8.03. The van der Waals surface area contributed by atoms with Gasteiger partial charge in [-0.2, -0.15) is 5.10 Å². The number of nitrogens with one attached hydrogen (secondary N) is 1. The normalized spacial score (nSPS) is 18.0. The minimum atomic E-state index is -0.730. The molecule has 0 spiro atoms. The number of thioether (sulfide) groups is 1. The highest BCUT2D eigenvalue weighted by molar-refractivity contribution is 8.14. The van der Waals surface area contributed by atoms with Crippen molar-refractivity contribution in [1.82, 2.24) is 10.3 Å². The molecule has 0 saturated carbocycles. The van der Waals surface area contributed by atoms with Gasteiger partial charge in [-0.05, 0) is 13.0 Å². The number of fused-ring (bicyclic) bond motifs is 3. The van der Waals surface area contributed by atoms with Crippen LogP contribution in [0.25, 0.3) is 0 Å². The molecule has 8 heteroatoms. The van der Waals surface area contributed by atoms with Gasteiger partial charge in [0.2, 0.25) is 5.91 Å². The van der Waals surface area contributed by atoms with Gasteiger partial charge in [0.1, 0.15) is 0 Å². The Bertz CT molecular complexity index is 689. The third-order valence-electron chi connectivity index (χ3n) is 3.39. The maximum Gasteiger partial charge on any atom is 0.413 e. The smallest absolute Gasteiger partial charge is 0.413 e. The van der Waals surface area contributed by atoms with Crippen LogP contribution >= 0.6 is 11.8 Å². The molecule has 0 aliphatic carbocycles. The summed E-state index contributed by atoms with van der Waals surface area (Å²) >= 11 is 1.25. The van der Waals surface area contributed by atoms with Crippen molar-refractivity contribution in [2.45, 2.75) is 19.4 Å². The van der Waals surface area contributed by atoms with Crippen molar-refractivity contribution in [3.8, 4) is 0 Å². The van der Waals surface area contributed by atoms with E-state index in [4.69, 9.17) is 0 Å². The number of aliphatic imine (C=N–C) groups is 1. The molecular formula is C15H16N4O3S. The Labute approximate surface area is 137 Å². The Balaban J connectivity index is 1.68. The number of ether oxygens (including phenoxy) is 1. The maximum atomic E-state index is 11.8. The predicted molar refractivity (Wildman–Crippen MR) is 88.8 cm³/mol. The highest BCUT2D eigenvalue weighted by Gasteiger charge is 2.32. The van der Waals surface area contributed by atoms with Crippen molar-refractivity contribution in [3.63, 3.8) is 0 Å². The van der Waals surface area contributed by atoms with E-state index in [-0.39, 0.29) is 18.4 Å². The Morgan fingerprint density at radius 3 is 3.09 bits per heavy atom. The summed E-state index contributed by atoms with van der Waals surface area (Å²) < 4.78 is 4.68. The summed E-state index contributed by atoms with van der Waals surface area (Å²) in [6.45, 7) is 1.90. The number of imide groups is 1. The maximum absolute atomic E-state index is 11.8. The van der Waals surface area contributed by atoms with Crippen LogP contribution in [0.5, 0.6) is 0 Å². The molecule has 2 aliphatic heterocycles. The summed E-state index contributed by atoms with van der Waals surface area (Å²) in [5.74, 6) is -0.354. The van der Waals surface area contributed by atoms with Gasteiger partial charge in [0, 0.05) is 18.2 Å². The molecule has 2 aliphatic rings. The molecule has 0 aromatic heterocycles. The van der Waals surface area contributed by atoms with Crippen LogP contribution in [0, 0.1) is 0 Å². The number of carbonyl (C=O) groups excluding carboxylic acids is 2.